The van der Waals surface area contributed by atoms with Gasteiger partial charge in [-0.3, -0.25) is 14.4 Å². The lowest BCUT2D eigenvalue weighted by Crippen LogP contribution is -2.42. The van der Waals surface area contributed by atoms with E-state index < -0.39 is 6.03 Å². The van der Waals surface area contributed by atoms with E-state index in [-0.39, 0.29) is 37.4 Å². The van der Waals surface area contributed by atoms with E-state index in [1.54, 1.807) is 60.5 Å². The molecule has 0 aliphatic rings. The zero-order chi connectivity index (χ0) is 31.4. The normalized spacial score (nSPS) is 10.6. The summed E-state index contributed by atoms with van der Waals surface area (Å²) in [6.07, 6.45) is 0.792. The molecule has 3 aromatic carbocycles. The molecule has 0 unspecified atom stereocenters. The Kier molecular flexibility index (Phi) is 12.1. The second-order valence-corrected chi connectivity index (χ2v) is 10.5. The van der Waals surface area contributed by atoms with E-state index in [4.69, 9.17) is 9.47 Å². The van der Waals surface area contributed by atoms with E-state index in [1.807, 2.05) is 31.2 Å². The van der Waals surface area contributed by atoms with Crippen molar-refractivity contribution in [2.24, 2.45) is 5.92 Å². The maximum absolute atomic E-state index is 13.4. The highest BCUT2D eigenvalue weighted by atomic mass is 16.5. The van der Waals surface area contributed by atoms with Gasteiger partial charge in [-0.15, -0.1) is 0 Å². The Hall–Kier alpha value is -4.86. The lowest BCUT2D eigenvalue weighted by Gasteiger charge is -2.26. The van der Waals surface area contributed by atoms with Crippen molar-refractivity contribution in [3.8, 4) is 5.75 Å². The molecule has 3 rings (SSSR count). The first kappa shape index (κ1) is 32.7. The summed E-state index contributed by atoms with van der Waals surface area (Å²) in [7, 11) is 3.01. The lowest BCUT2D eigenvalue weighted by atomic mass is 10.1. The van der Waals surface area contributed by atoms with Gasteiger partial charge < -0.3 is 29.9 Å². The third kappa shape index (κ3) is 10.2. The molecule has 0 aliphatic carbocycles. The van der Waals surface area contributed by atoms with E-state index in [2.05, 4.69) is 24.5 Å². The summed E-state index contributed by atoms with van der Waals surface area (Å²) in [6.45, 7) is 5.99. The number of anilines is 3. The molecule has 228 valence electrons. The van der Waals surface area contributed by atoms with Crippen molar-refractivity contribution in [1.82, 2.24) is 5.32 Å². The predicted molar refractivity (Wildman–Crippen MR) is 168 cm³/mol. The van der Waals surface area contributed by atoms with Gasteiger partial charge in [0.05, 0.1) is 25.8 Å². The second-order valence-electron chi connectivity index (χ2n) is 10.5. The van der Waals surface area contributed by atoms with Crippen LogP contribution in [0.4, 0.5) is 21.9 Å². The van der Waals surface area contributed by atoms with E-state index in [0.29, 0.717) is 41.6 Å². The van der Waals surface area contributed by atoms with Gasteiger partial charge in [-0.05, 0) is 66.8 Å². The molecule has 0 aliphatic heterocycles. The Balaban J connectivity index is 1.67. The number of para-hydroxylation sites is 2. The van der Waals surface area contributed by atoms with Crippen molar-refractivity contribution in [2.75, 3.05) is 49.0 Å². The molecule has 2 N–H and O–H groups in total. The Morgan fingerprint density at radius 2 is 1.65 bits per heavy atom. The number of esters is 1. The van der Waals surface area contributed by atoms with Crippen LogP contribution in [-0.4, -0.2) is 57.7 Å². The Bertz CT molecular complexity index is 1420. The van der Waals surface area contributed by atoms with Gasteiger partial charge in [0.2, 0.25) is 5.91 Å². The third-order valence-corrected chi connectivity index (χ3v) is 6.66. The minimum atomic E-state index is -0.568. The molecular weight excluding hydrogens is 548 g/mol. The van der Waals surface area contributed by atoms with Crippen molar-refractivity contribution in [1.29, 1.82) is 0 Å². The average Bonchev–Trinajstić information content (AvgIpc) is 2.99. The van der Waals surface area contributed by atoms with Gasteiger partial charge in [0.1, 0.15) is 5.75 Å². The second kappa shape index (κ2) is 16.0. The minimum Gasteiger partial charge on any atom is -0.482 e. The number of hydrogen-bond acceptors (Lipinski definition) is 6. The van der Waals surface area contributed by atoms with Crippen LogP contribution in [0.3, 0.4) is 0 Å². The fourth-order valence-electron chi connectivity index (χ4n) is 4.21. The molecule has 0 atom stereocenters. The molecule has 10 nitrogen and oxygen atoms in total. The van der Waals surface area contributed by atoms with Crippen LogP contribution in [0.15, 0.2) is 72.8 Å². The zero-order valence-corrected chi connectivity index (χ0v) is 25.4. The topological polar surface area (TPSA) is 117 Å². The fourth-order valence-corrected chi connectivity index (χ4v) is 4.21. The van der Waals surface area contributed by atoms with Crippen LogP contribution < -0.4 is 25.2 Å². The quantitative estimate of drug-likeness (QED) is 0.273. The molecule has 0 radical (unpaired) electrons. The summed E-state index contributed by atoms with van der Waals surface area (Å²) in [6, 6.07) is 20.9. The third-order valence-electron chi connectivity index (χ3n) is 6.66. The number of likely N-dealkylation sites (N-methyl/N-ethyl adjacent to an activating group) is 1. The molecule has 0 saturated heterocycles. The van der Waals surface area contributed by atoms with E-state index >= 15 is 0 Å². The molecule has 10 heteroatoms. The largest absolute Gasteiger partial charge is 0.482 e. The molecule has 0 saturated carbocycles. The van der Waals surface area contributed by atoms with Crippen LogP contribution in [0.2, 0.25) is 0 Å². The predicted octanol–water partition coefficient (Wildman–Crippen LogP) is 4.95. The smallest absolute Gasteiger partial charge is 0.319 e. The molecule has 0 heterocycles. The highest BCUT2D eigenvalue weighted by Gasteiger charge is 2.22. The Morgan fingerprint density at radius 1 is 0.907 bits per heavy atom. The summed E-state index contributed by atoms with van der Waals surface area (Å²) < 4.78 is 10.6. The maximum Gasteiger partial charge on any atom is 0.319 e. The van der Waals surface area contributed by atoms with Crippen molar-refractivity contribution in [3.05, 3.63) is 83.9 Å². The monoisotopic (exact) mass is 588 g/mol. The van der Waals surface area contributed by atoms with Crippen molar-refractivity contribution in [2.45, 2.75) is 33.6 Å². The summed E-state index contributed by atoms with van der Waals surface area (Å²) in [5, 5.41) is 5.30. The first-order chi connectivity index (χ1) is 20.6. The summed E-state index contributed by atoms with van der Waals surface area (Å²) in [5.41, 5.74) is 3.46. The number of carbonyl (C=O) groups excluding carboxylic acids is 4. The number of benzene rings is 3. The van der Waals surface area contributed by atoms with Crippen molar-refractivity contribution >= 4 is 40.9 Å². The summed E-state index contributed by atoms with van der Waals surface area (Å²) >= 11 is 0. The standard InChI is InChI=1S/C33H40N4O6/c1-23(2)16-17-37(30(38)21-34-33(41)35-26-12-9-11-25(19-26)20-32(40)42-5)28-14-6-7-15-29(28)43-22-31(39)36(4)27-13-8-10-24(3)18-27/h6-15,18-19,23H,16-17,20-22H2,1-5H3,(H2,34,35,41). The number of nitrogens with one attached hydrogen (secondary N) is 2. The van der Waals surface area contributed by atoms with Gasteiger partial charge in [0.25, 0.3) is 5.91 Å². The summed E-state index contributed by atoms with van der Waals surface area (Å²) in [5.74, 6) is -0.261. The van der Waals surface area contributed by atoms with Crippen LogP contribution in [-0.2, 0) is 25.5 Å². The van der Waals surface area contributed by atoms with Crippen LogP contribution in [0, 0.1) is 12.8 Å². The van der Waals surface area contributed by atoms with Gasteiger partial charge in [-0.1, -0.05) is 50.2 Å². The Labute approximate surface area is 253 Å². The number of ether oxygens (including phenoxy) is 2. The van der Waals surface area contributed by atoms with E-state index in [1.165, 1.54) is 12.0 Å². The van der Waals surface area contributed by atoms with Gasteiger partial charge in [0.15, 0.2) is 6.61 Å². The lowest BCUT2D eigenvalue weighted by molar-refractivity contribution is -0.139. The molecule has 0 bridgehead atoms. The van der Waals surface area contributed by atoms with Crippen molar-refractivity contribution in [3.63, 3.8) is 0 Å². The van der Waals surface area contributed by atoms with Gasteiger partial charge in [-0.2, -0.15) is 0 Å². The Morgan fingerprint density at radius 3 is 2.37 bits per heavy atom. The zero-order valence-electron chi connectivity index (χ0n) is 25.4. The minimum absolute atomic E-state index is 0.0756. The first-order valence-electron chi connectivity index (χ1n) is 14.1. The van der Waals surface area contributed by atoms with Crippen molar-refractivity contribution < 1.29 is 28.7 Å². The van der Waals surface area contributed by atoms with Gasteiger partial charge in [0, 0.05) is 25.0 Å². The number of aryl methyl sites for hydroxylation is 1. The van der Waals surface area contributed by atoms with Gasteiger partial charge in [-0.25, -0.2) is 4.79 Å². The maximum atomic E-state index is 13.4. The average molecular weight is 589 g/mol. The number of amides is 4. The van der Waals surface area contributed by atoms with E-state index in [9.17, 15) is 19.2 Å². The number of hydrogen-bond donors (Lipinski definition) is 2. The van der Waals surface area contributed by atoms with Gasteiger partial charge >= 0.3 is 12.0 Å². The van der Waals surface area contributed by atoms with Crippen LogP contribution in [0.5, 0.6) is 5.75 Å². The number of nitrogens with zero attached hydrogens (tertiary/aromatic N) is 2. The summed E-state index contributed by atoms with van der Waals surface area (Å²) in [4.78, 5) is 53.7. The van der Waals surface area contributed by atoms with Crippen LogP contribution in [0.1, 0.15) is 31.4 Å². The molecule has 43 heavy (non-hydrogen) atoms. The molecule has 3 aromatic rings. The SMILES string of the molecule is COC(=O)Cc1cccc(NC(=O)NCC(=O)N(CCC(C)C)c2ccccc2OCC(=O)N(C)c2cccc(C)c2)c1. The van der Waals surface area contributed by atoms with Crippen LogP contribution >= 0.6 is 0 Å². The van der Waals surface area contributed by atoms with E-state index in [0.717, 1.165) is 11.3 Å². The number of methoxy groups -OCH3 is 1. The number of urea groups is 1. The van der Waals surface area contributed by atoms with Crippen LogP contribution in [0.25, 0.3) is 0 Å². The molecule has 0 aromatic heterocycles. The fraction of sp³-hybridized carbons (Fsp3) is 0.333. The molecule has 0 spiro atoms. The molecule has 4 amide bonds. The highest BCUT2D eigenvalue weighted by Crippen LogP contribution is 2.29. The highest BCUT2D eigenvalue weighted by molar-refractivity contribution is 5.99. The molecular formula is C33H40N4O6. The number of carbonyl (C=O) groups is 4. The first-order valence-corrected chi connectivity index (χ1v) is 14.1. The molecule has 0 fully saturated rings. The number of rotatable bonds is 13.